The standard InChI is InChI=1S/C18H19N3/c1-13(10-14-6-3-2-4-7-14)20-18-16(12-19)11-15-8-5-9-17(15)21-18/h2-4,6-7,11,13H,5,8-10H2,1H3,(H,20,21). The number of nitriles is 1. The van der Waals surface area contributed by atoms with Crippen LogP contribution in [-0.2, 0) is 19.3 Å². The summed E-state index contributed by atoms with van der Waals surface area (Å²) in [6.45, 7) is 2.13. The SMILES string of the molecule is CC(Cc1ccccc1)Nc1nc2c(cc1C#N)CCC2. The second-order valence-electron chi connectivity index (χ2n) is 5.69. The molecule has 0 radical (unpaired) electrons. The van der Waals surface area contributed by atoms with Crippen LogP contribution in [0.15, 0.2) is 36.4 Å². The van der Waals surface area contributed by atoms with Gasteiger partial charge in [0.2, 0.25) is 0 Å². The van der Waals surface area contributed by atoms with Crippen molar-refractivity contribution in [1.29, 1.82) is 5.26 Å². The van der Waals surface area contributed by atoms with Gasteiger partial charge < -0.3 is 5.32 Å². The van der Waals surface area contributed by atoms with Crippen LogP contribution < -0.4 is 5.32 Å². The average molecular weight is 277 g/mol. The molecular weight excluding hydrogens is 258 g/mol. The molecular formula is C18H19N3. The molecule has 1 aliphatic carbocycles. The Bertz CT molecular complexity index is 671. The maximum absolute atomic E-state index is 9.32. The number of anilines is 1. The lowest BCUT2D eigenvalue weighted by Crippen LogP contribution is -2.20. The van der Waals surface area contributed by atoms with Gasteiger partial charge in [0, 0.05) is 11.7 Å². The van der Waals surface area contributed by atoms with Crippen LogP contribution in [0.25, 0.3) is 0 Å². The second-order valence-corrected chi connectivity index (χ2v) is 5.69. The molecule has 2 aromatic rings. The highest BCUT2D eigenvalue weighted by Gasteiger charge is 2.17. The number of nitrogens with one attached hydrogen (secondary N) is 1. The Balaban J connectivity index is 1.77. The summed E-state index contributed by atoms with van der Waals surface area (Å²) in [5, 5.41) is 12.7. The molecule has 0 aliphatic heterocycles. The van der Waals surface area contributed by atoms with E-state index in [4.69, 9.17) is 0 Å². The van der Waals surface area contributed by atoms with Gasteiger partial charge in [0.15, 0.2) is 0 Å². The van der Waals surface area contributed by atoms with Crippen LogP contribution in [0.5, 0.6) is 0 Å². The first-order valence-electron chi connectivity index (χ1n) is 7.49. The van der Waals surface area contributed by atoms with Gasteiger partial charge in [0.05, 0.1) is 5.56 Å². The van der Waals surface area contributed by atoms with Crippen molar-refractivity contribution in [3.8, 4) is 6.07 Å². The minimum absolute atomic E-state index is 0.242. The van der Waals surface area contributed by atoms with Gasteiger partial charge in [-0.1, -0.05) is 30.3 Å². The van der Waals surface area contributed by atoms with E-state index >= 15 is 0 Å². The van der Waals surface area contributed by atoms with Crippen molar-refractivity contribution in [3.05, 3.63) is 58.8 Å². The van der Waals surface area contributed by atoms with Crippen molar-refractivity contribution in [1.82, 2.24) is 4.98 Å². The largest absolute Gasteiger partial charge is 0.366 e. The highest BCUT2D eigenvalue weighted by molar-refractivity contribution is 5.55. The first-order chi connectivity index (χ1) is 10.3. The predicted molar refractivity (Wildman–Crippen MR) is 84.2 cm³/mol. The zero-order valence-electron chi connectivity index (χ0n) is 12.3. The van der Waals surface area contributed by atoms with Gasteiger partial charge in [-0.2, -0.15) is 5.26 Å². The summed E-state index contributed by atoms with van der Waals surface area (Å²) in [6, 6.07) is 14.9. The molecule has 3 heteroatoms. The lowest BCUT2D eigenvalue weighted by atomic mass is 10.1. The Morgan fingerprint density at radius 3 is 2.86 bits per heavy atom. The average Bonchev–Trinajstić information content (AvgIpc) is 2.94. The maximum Gasteiger partial charge on any atom is 0.144 e. The number of aromatic nitrogens is 1. The number of hydrogen-bond donors (Lipinski definition) is 1. The Morgan fingerprint density at radius 1 is 1.29 bits per heavy atom. The molecule has 3 rings (SSSR count). The maximum atomic E-state index is 9.32. The van der Waals surface area contributed by atoms with Gasteiger partial charge in [-0.15, -0.1) is 0 Å². The fourth-order valence-electron chi connectivity index (χ4n) is 2.92. The van der Waals surface area contributed by atoms with E-state index in [-0.39, 0.29) is 6.04 Å². The normalized spacial score (nSPS) is 14.3. The number of nitrogens with zero attached hydrogens (tertiary/aromatic N) is 2. The van der Waals surface area contributed by atoms with Crippen LogP contribution >= 0.6 is 0 Å². The zero-order chi connectivity index (χ0) is 14.7. The first kappa shape index (κ1) is 13.6. The molecule has 3 nitrogen and oxygen atoms in total. The molecule has 0 spiro atoms. The smallest absolute Gasteiger partial charge is 0.144 e. The summed E-state index contributed by atoms with van der Waals surface area (Å²) in [7, 11) is 0. The molecule has 21 heavy (non-hydrogen) atoms. The molecule has 1 N–H and O–H groups in total. The molecule has 0 fully saturated rings. The van der Waals surface area contributed by atoms with E-state index < -0.39 is 0 Å². The Morgan fingerprint density at radius 2 is 2.10 bits per heavy atom. The Kier molecular flexibility index (Phi) is 3.87. The number of hydrogen-bond acceptors (Lipinski definition) is 3. The number of aryl methyl sites for hydroxylation is 2. The summed E-state index contributed by atoms with van der Waals surface area (Å²) in [5.74, 6) is 0.738. The minimum Gasteiger partial charge on any atom is -0.366 e. The van der Waals surface area contributed by atoms with Crippen molar-refractivity contribution in [2.75, 3.05) is 5.32 Å². The van der Waals surface area contributed by atoms with Gasteiger partial charge in [0.25, 0.3) is 0 Å². The molecule has 1 aromatic carbocycles. The lowest BCUT2D eigenvalue weighted by molar-refractivity contribution is 0.782. The van der Waals surface area contributed by atoms with Crippen LogP contribution in [0.3, 0.4) is 0 Å². The van der Waals surface area contributed by atoms with Gasteiger partial charge in [-0.05, 0) is 49.8 Å². The van der Waals surface area contributed by atoms with Crippen LogP contribution in [-0.4, -0.2) is 11.0 Å². The molecule has 1 aliphatic rings. The molecule has 0 saturated carbocycles. The number of pyridine rings is 1. The van der Waals surface area contributed by atoms with E-state index in [0.717, 1.165) is 37.2 Å². The third-order valence-electron chi connectivity index (χ3n) is 3.94. The monoisotopic (exact) mass is 277 g/mol. The van der Waals surface area contributed by atoms with Crippen LogP contribution in [0.2, 0.25) is 0 Å². The van der Waals surface area contributed by atoms with Crippen LogP contribution in [0, 0.1) is 11.3 Å². The lowest BCUT2D eigenvalue weighted by Gasteiger charge is -2.16. The zero-order valence-corrected chi connectivity index (χ0v) is 12.3. The van der Waals surface area contributed by atoms with Crippen molar-refractivity contribution in [3.63, 3.8) is 0 Å². The van der Waals surface area contributed by atoms with Crippen LogP contribution in [0.1, 0.15) is 35.7 Å². The minimum atomic E-state index is 0.242. The molecule has 1 aromatic heterocycles. The molecule has 106 valence electrons. The summed E-state index contributed by atoms with van der Waals surface area (Å²) in [4.78, 5) is 4.67. The Hall–Kier alpha value is -2.34. The van der Waals surface area contributed by atoms with Crippen molar-refractivity contribution in [2.24, 2.45) is 0 Å². The quantitative estimate of drug-likeness (QED) is 0.930. The topological polar surface area (TPSA) is 48.7 Å². The number of rotatable bonds is 4. The summed E-state index contributed by atoms with van der Waals surface area (Å²) >= 11 is 0. The number of fused-ring (bicyclic) bond motifs is 1. The van der Waals surface area contributed by atoms with Crippen molar-refractivity contribution >= 4 is 5.82 Å². The van der Waals surface area contributed by atoms with Crippen molar-refractivity contribution < 1.29 is 0 Å². The fraction of sp³-hybridized carbons (Fsp3) is 0.333. The Labute approximate surface area is 125 Å². The van der Waals surface area contributed by atoms with E-state index in [1.807, 2.05) is 12.1 Å². The number of benzene rings is 1. The first-order valence-corrected chi connectivity index (χ1v) is 7.49. The van der Waals surface area contributed by atoms with E-state index in [1.54, 1.807) is 0 Å². The fourth-order valence-corrected chi connectivity index (χ4v) is 2.92. The van der Waals surface area contributed by atoms with E-state index in [2.05, 4.69) is 47.6 Å². The van der Waals surface area contributed by atoms with Crippen molar-refractivity contribution in [2.45, 2.75) is 38.6 Å². The molecule has 1 heterocycles. The summed E-state index contributed by atoms with van der Waals surface area (Å²) < 4.78 is 0. The van der Waals surface area contributed by atoms with Gasteiger partial charge in [0.1, 0.15) is 11.9 Å². The van der Waals surface area contributed by atoms with E-state index in [9.17, 15) is 5.26 Å². The van der Waals surface area contributed by atoms with Gasteiger partial charge in [-0.3, -0.25) is 0 Å². The molecule has 1 atom stereocenters. The third kappa shape index (κ3) is 3.05. The van der Waals surface area contributed by atoms with Crippen LogP contribution in [0.4, 0.5) is 5.82 Å². The molecule has 0 saturated heterocycles. The molecule has 0 amide bonds. The highest BCUT2D eigenvalue weighted by Crippen LogP contribution is 2.25. The van der Waals surface area contributed by atoms with E-state index in [1.165, 1.54) is 11.1 Å². The van der Waals surface area contributed by atoms with Gasteiger partial charge >= 0.3 is 0 Å². The molecule has 0 bridgehead atoms. The highest BCUT2D eigenvalue weighted by atomic mass is 15.0. The van der Waals surface area contributed by atoms with Gasteiger partial charge in [-0.25, -0.2) is 4.98 Å². The summed E-state index contributed by atoms with van der Waals surface area (Å²) in [5.41, 5.74) is 4.35. The predicted octanol–water partition coefficient (Wildman–Crippen LogP) is 3.49. The third-order valence-corrected chi connectivity index (χ3v) is 3.94. The van der Waals surface area contributed by atoms with E-state index in [0.29, 0.717) is 5.56 Å². The summed E-state index contributed by atoms with van der Waals surface area (Å²) in [6.07, 6.45) is 4.15. The second kappa shape index (κ2) is 5.97. The molecule has 1 unspecified atom stereocenters.